The molecule has 3 rings (SSSR count). The number of fused-ring (bicyclic) bond motifs is 1. The molecule has 1 atom stereocenters. The highest BCUT2D eigenvalue weighted by atomic mass is 19.1. The van der Waals surface area contributed by atoms with Crippen LogP contribution in [0.5, 0.6) is 0 Å². The van der Waals surface area contributed by atoms with Gasteiger partial charge in [0.05, 0.1) is 18.3 Å². The van der Waals surface area contributed by atoms with E-state index in [0.717, 1.165) is 23.3 Å². The van der Waals surface area contributed by atoms with Crippen molar-refractivity contribution < 1.29 is 4.39 Å². The fourth-order valence-corrected chi connectivity index (χ4v) is 2.26. The number of hydrogen-bond donors (Lipinski definition) is 0. The van der Waals surface area contributed by atoms with Crippen LogP contribution in [0.25, 0.3) is 10.9 Å². The van der Waals surface area contributed by atoms with E-state index in [0.29, 0.717) is 13.0 Å². The van der Waals surface area contributed by atoms with Crippen LogP contribution in [0.4, 0.5) is 10.2 Å². The Morgan fingerprint density at radius 2 is 2.38 bits per heavy atom. The Bertz CT molecular complexity index is 522. The van der Waals surface area contributed by atoms with E-state index in [4.69, 9.17) is 0 Å². The third-order valence-corrected chi connectivity index (χ3v) is 3.10. The zero-order valence-electron chi connectivity index (χ0n) is 9.10. The van der Waals surface area contributed by atoms with Crippen LogP contribution < -0.4 is 4.90 Å². The van der Waals surface area contributed by atoms with Crippen LogP contribution in [0.1, 0.15) is 6.42 Å². The number of halogens is 1. The second-order valence-corrected chi connectivity index (χ2v) is 4.23. The highest BCUT2D eigenvalue weighted by Gasteiger charge is 2.25. The summed E-state index contributed by atoms with van der Waals surface area (Å²) in [5, 5.41) is 9.16. The standard InChI is InChI=1S/C11H13FN4/c1-15-4-2-8-6-13-14-11(10(8)15)16-5-3-9(12)7-16/h2,4,6,9H,3,5,7H2,1H3/t9-/m1/s1. The van der Waals surface area contributed by atoms with Crippen molar-refractivity contribution in [3.8, 4) is 0 Å². The van der Waals surface area contributed by atoms with E-state index < -0.39 is 6.17 Å². The Balaban J connectivity index is 2.12. The van der Waals surface area contributed by atoms with Gasteiger partial charge in [-0.3, -0.25) is 0 Å². The van der Waals surface area contributed by atoms with Crippen molar-refractivity contribution in [1.29, 1.82) is 0 Å². The summed E-state index contributed by atoms with van der Waals surface area (Å²) in [5.74, 6) is 0.796. The van der Waals surface area contributed by atoms with Gasteiger partial charge in [0.2, 0.25) is 0 Å². The number of alkyl halides is 1. The molecule has 0 radical (unpaired) electrons. The van der Waals surface area contributed by atoms with E-state index in [2.05, 4.69) is 10.2 Å². The molecule has 3 heterocycles. The minimum Gasteiger partial charge on any atom is -0.350 e. The van der Waals surface area contributed by atoms with E-state index in [-0.39, 0.29) is 0 Å². The second-order valence-electron chi connectivity index (χ2n) is 4.23. The summed E-state index contributed by atoms with van der Waals surface area (Å²) in [5.41, 5.74) is 1.03. The summed E-state index contributed by atoms with van der Waals surface area (Å²) in [4.78, 5) is 1.97. The van der Waals surface area contributed by atoms with Gasteiger partial charge in [0.1, 0.15) is 6.17 Å². The second kappa shape index (κ2) is 3.43. The van der Waals surface area contributed by atoms with Crippen LogP contribution >= 0.6 is 0 Å². The molecule has 16 heavy (non-hydrogen) atoms. The summed E-state index contributed by atoms with van der Waals surface area (Å²) in [7, 11) is 1.97. The van der Waals surface area contributed by atoms with Gasteiger partial charge in [-0.15, -0.1) is 5.10 Å². The summed E-state index contributed by atoms with van der Waals surface area (Å²) in [6.45, 7) is 1.15. The smallest absolute Gasteiger partial charge is 0.175 e. The van der Waals surface area contributed by atoms with E-state index in [9.17, 15) is 4.39 Å². The summed E-state index contributed by atoms with van der Waals surface area (Å²) < 4.78 is 15.2. The fraction of sp³-hybridized carbons (Fsp3) is 0.455. The molecule has 4 nitrogen and oxygen atoms in total. The van der Waals surface area contributed by atoms with Crippen molar-refractivity contribution in [2.75, 3.05) is 18.0 Å². The lowest BCUT2D eigenvalue weighted by molar-refractivity contribution is 0.364. The minimum atomic E-state index is -0.739. The summed E-state index contributed by atoms with van der Waals surface area (Å²) in [6, 6.07) is 2.00. The molecular formula is C11H13FN4. The predicted molar refractivity (Wildman–Crippen MR) is 60.2 cm³/mol. The Morgan fingerprint density at radius 3 is 3.12 bits per heavy atom. The minimum absolute atomic E-state index is 0.430. The fourth-order valence-electron chi connectivity index (χ4n) is 2.26. The van der Waals surface area contributed by atoms with Crippen LogP contribution in [-0.2, 0) is 7.05 Å². The summed E-state index contributed by atoms with van der Waals surface area (Å²) in [6.07, 6.45) is 3.56. The number of rotatable bonds is 1. The molecular weight excluding hydrogens is 207 g/mol. The van der Waals surface area contributed by atoms with E-state index >= 15 is 0 Å². The lowest BCUT2D eigenvalue weighted by Crippen LogP contribution is -2.22. The molecule has 2 aromatic heterocycles. The molecule has 0 amide bonds. The van der Waals surface area contributed by atoms with Crippen molar-refractivity contribution in [3.63, 3.8) is 0 Å². The maximum absolute atomic E-state index is 13.2. The largest absolute Gasteiger partial charge is 0.350 e. The highest BCUT2D eigenvalue weighted by molar-refractivity contribution is 5.89. The molecule has 1 saturated heterocycles. The predicted octanol–water partition coefficient (Wildman–Crippen LogP) is 1.52. The van der Waals surface area contributed by atoms with Crippen LogP contribution in [0.3, 0.4) is 0 Å². The van der Waals surface area contributed by atoms with Crippen molar-refractivity contribution in [2.24, 2.45) is 7.05 Å². The first-order valence-electron chi connectivity index (χ1n) is 5.41. The topological polar surface area (TPSA) is 34.0 Å². The van der Waals surface area contributed by atoms with E-state index in [1.165, 1.54) is 0 Å². The Kier molecular flexibility index (Phi) is 2.05. The monoisotopic (exact) mass is 220 g/mol. The molecule has 0 unspecified atom stereocenters. The number of aryl methyl sites for hydroxylation is 1. The van der Waals surface area contributed by atoms with Crippen LogP contribution in [0.15, 0.2) is 18.5 Å². The van der Waals surface area contributed by atoms with Crippen molar-refractivity contribution in [1.82, 2.24) is 14.8 Å². The summed E-state index contributed by atoms with van der Waals surface area (Å²) >= 11 is 0. The Labute approximate surface area is 92.7 Å². The lowest BCUT2D eigenvalue weighted by Gasteiger charge is -2.16. The van der Waals surface area contributed by atoms with Crippen molar-refractivity contribution in [3.05, 3.63) is 18.5 Å². The van der Waals surface area contributed by atoms with Crippen molar-refractivity contribution >= 4 is 16.7 Å². The first-order chi connectivity index (χ1) is 7.75. The molecule has 1 aliphatic heterocycles. The normalized spacial score (nSPS) is 20.9. The number of anilines is 1. The van der Waals surface area contributed by atoms with Gasteiger partial charge in [0, 0.05) is 25.2 Å². The highest BCUT2D eigenvalue weighted by Crippen LogP contribution is 2.27. The van der Waals surface area contributed by atoms with Crippen LogP contribution in [0.2, 0.25) is 0 Å². The van der Waals surface area contributed by atoms with E-state index in [1.807, 2.05) is 28.8 Å². The molecule has 5 heteroatoms. The molecule has 0 bridgehead atoms. The van der Waals surface area contributed by atoms with Gasteiger partial charge in [-0.1, -0.05) is 0 Å². The lowest BCUT2D eigenvalue weighted by atomic mass is 10.3. The molecule has 0 aliphatic carbocycles. The number of aromatic nitrogens is 3. The van der Waals surface area contributed by atoms with Gasteiger partial charge in [-0.2, -0.15) is 5.10 Å². The maximum atomic E-state index is 13.2. The molecule has 0 N–H and O–H groups in total. The van der Waals surface area contributed by atoms with Crippen LogP contribution in [0, 0.1) is 0 Å². The first-order valence-corrected chi connectivity index (χ1v) is 5.41. The van der Waals surface area contributed by atoms with Gasteiger partial charge in [0.15, 0.2) is 5.82 Å². The average molecular weight is 220 g/mol. The molecule has 0 spiro atoms. The van der Waals surface area contributed by atoms with Gasteiger partial charge < -0.3 is 9.47 Å². The molecule has 1 fully saturated rings. The molecule has 0 aromatic carbocycles. The van der Waals surface area contributed by atoms with Gasteiger partial charge >= 0.3 is 0 Å². The Morgan fingerprint density at radius 1 is 1.50 bits per heavy atom. The Hall–Kier alpha value is -1.65. The molecule has 0 saturated carbocycles. The third-order valence-electron chi connectivity index (χ3n) is 3.10. The molecule has 1 aliphatic rings. The van der Waals surface area contributed by atoms with Crippen LogP contribution in [-0.4, -0.2) is 34.0 Å². The van der Waals surface area contributed by atoms with E-state index in [1.54, 1.807) is 6.20 Å². The first kappa shape index (κ1) is 9.57. The maximum Gasteiger partial charge on any atom is 0.175 e. The quantitative estimate of drug-likeness (QED) is 0.730. The molecule has 2 aromatic rings. The number of nitrogens with zero attached hydrogens (tertiary/aromatic N) is 4. The van der Waals surface area contributed by atoms with Gasteiger partial charge in [-0.25, -0.2) is 4.39 Å². The van der Waals surface area contributed by atoms with Gasteiger partial charge in [0.25, 0.3) is 0 Å². The van der Waals surface area contributed by atoms with Gasteiger partial charge in [-0.05, 0) is 12.5 Å². The number of hydrogen-bond acceptors (Lipinski definition) is 3. The third kappa shape index (κ3) is 1.35. The zero-order chi connectivity index (χ0) is 11.1. The zero-order valence-corrected chi connectivity index (χ0v) is 9.10. The SMILES string of the molecule is Cn1ccc2cnnc(N3CC[C@@H](F)C3)c21. The van der Waals surface area contributed by atoms with Crippen molar-refractivity contribution in [2.45, 2.75) is 12.6 Å². The molecule has 84 valence electrons. The average Bonchev–Trinajstić information content (AvgIpc) is 2.86.